The molecule has 0 spiro atoms. The number of ether oxygens (including phenoxy) is 1. The van der Waals surface area contributed by atoms with E-state index in [1.807, 2.05) is 39.0 Å². The average Bonchev–Trinajstić information content (AvgIpc) is 2.40. The maximum absolute atomic E-state index is 11.4. The summed E-state index contributed by atoms with van der Waals surface area (Å²) >= 11 is 0. The Bertz CT molecular complexity index is 544. The summed E-state index contributed by atoms with van der Waals surface area (Å²) in [5.41, 5.74) is 3.25. The van der Waals surface area contributed by atoms with Crippen LogP contribution in [-0.2, 0) is 9.57 Å². The SMILES string of the molecule is COC(=O)Nc1ccccc1C(ON)=C(C)C=C(C)C. The quantitative estimate of drug-likeness (QED) is 0.502. The Kier molecular flexibility index (Phi) is 5.80. The molecular weight excluding hydrogens is 256 g/mol. The highest BCUT2D eigenvalue weighted by Crippen LogP contribution is 2.27. The Morgan fingerprint density at radius 1 is 1.25 bits per heavy atom. The summed E-state index contributed by atoms with van der Waals surface area (Å²) in [6, 6.07) is 7.21. The average molecular weight is 276 g/mol. The van der Waals surface area contributed by atoms with Gasteiger partial charge in [0.25, 0.3) is 0 Å². The first-order chi connectivity index (χ1) is 9.49. The highest BCUT2D eigenvalue weighted by molar-refractivity contribution is 5.89. The van der Waals surface area contributed by atoms with Crippen LogP contribution >= 0.6 is 0 Å². The molecule has 0 aliphatic carbocycles. The molecule has 1 aromatic carbocycles. The number of rotatable bonds is 4. The van der Waals surface area contributed by atoms with E-state index < -0.39 is 6.09 Å². The summed E-state index contributed by atoms with van der Waals surface area (Å²) in [6.45, 7) is 5.86. The van der Waals surface area contributed by atoms with Crippen molar-refractivity contribution in [1.82, 2.24) is 0 Å². The minimum atomic E-state index is -0.548. The molecule has 20 heavy (non-hydrogen) atoms. The number of anilines is 1. The van der Waals surface area contributed by atoms with Crippen LogP contribution in [0.4, 0.5) is 10.5 Å². The molecule has 0 atom stereocenters. The van der Waals surface area contributed by atoms with Crippen LogP contribution < -0.4 is 11.2 Å². The number of carbonyl (C=O) groups is 1. The Hall–Kier alpha value is -2.27. The zero-order chi connectivity index (χ0) is 15.1. The van der Waals surface area contributed by atoms with Gasteiger partial charge < -0.3 is 9.57 Å². The van der Waals surface area contributed by atoms with Gasteiger partial charge in [0.05, 0.1) is 12.8 Å². The Morgan fingerprint density at radius 2 is 1.90 bits per heavy atom. The normalized spacial score (nSPS) is 11.2. The van der Waals surface area contributed by atoms with Crippen molar-refractivity contribution in [3.8, 4) is 0 Å². The molecule has 0 aliphatic rings. The van der Waals surface area contributed by atoms with Crippen molar-refractivity contribution < 1.29 is 14.4 Å². The van der Waals surface area contributed by atoms with E-state index in [1.54, 1.807) is 12.1 Å². The van der Waals surface area contributed by atoms with E-state index in [1.165, 1.54) is 7.11 Å². The standard InChI is InChI=1S/C15H20N2O3/c1-10(2)9-11(3)14(20-16)12-7-5-6-8-13(12)17-15(18)19-4/h5-9H,16H2,1-4H3,(H,17,18). The number of methoxy groups -OCH3 is 1. The van der Waals surface area contributed by atoms with Crippen LogP contribution in [0.1, 0.15) is 26.3 Å². The van der Waals surface area contributed by atoms with Gasteiger partial charge in [-0.25, -0.2) is 4.79 Å². The van der Waals surface area contributed by atoms with Crippen LogP contribution in [0.15, 0.2) is 41.5 Å². The van der Waals surface area contributed by atoms with Crippen molar-refractivity contribution in [2.45, 2.75) is 20.8 Å². The molecule has 0 aliphatic heterocycles. The number of benzene rings is 1. The van der Waals surface area contributed by atoms with Crippen LogP contribution in [-0.4, -0.2) is 13.2 Å². The van der Waals surface area contributed by atoms with Crippen LogP contribution in [0, 0.1) is 0 Å². The highest BCUT2D eigenvalue weighted by Gasteiger charge is 2.13. The van der Waals surface area contributed by atoms with E-state index in [0.29, 0.717) is 17.0 Å². The fraction of sp³-hybridized carbons (Fsp3) is 0.267. The lowest BCUT2D eigenvalue weighted by atomic mass is 10.1. The van der Waals surface area contributed by atoms with Crippen LogP contribution in [0.3, 0.4) is 0 Å². The molecule has 0 fully saturated rings. The molecule has 0 aromatic heterocycles. The summed E-state index contributed by atoms with van der Waals surface area (Å²) in [4.78, 5) is 16.4. The third kappa shape index (κ3) is 4.13. The highest BCUT2D eigenvalue weighted by atomic mass is 16.6. The molecule has 0 unspecified atom stereocenters. The number of nitrogens with two attached hydrogens (primary N) is 1. The number of nitrogens with one attached hydrogen (secondary N) is 1. The minimum absolute atomic E-state index is 0.498. The lowest BCUT2D eigenvalue weighted by Crippen LogP contribution is -2.13. The van der Waals surface area contributed by atoms with Gasteiger partial charge in [-0.2, -0.15) is 5.90 Å². The smallest absolute Gasteiger partial charge is 0.411 e. The van der Waals surface area contributed by atoms with Crippen LogP contribution in [0.2, 0.25) is 0 Å². The van der Waals surface area contributed by atoms with E-state index in [4.69, 9.17) is 10.7 Å². The first kappa shape index (κ1) is 15.8. The maximum atomic E-state index is 11.4. The van der Waals surface area contributed by atoms with Gasteiger partial charge in [-0.15, -0.1) is 0 Å². The molecule has 0 saturated carbocycles. The molecule has 0 bridgehead atoms. The monoisotopic (exact) mass is 276 g/mol. The number of para-hydroxylation sites is 1. The van der Waals surface area contributed by atoms with E-state index in [2.05, 4.69) is 10.1 Å². The minimum Gasteiger partial charge on any atom is -0.453 e. The summed E-state index contributed by atoms with van der Waals surface area (Å²) in [5, 5.41) is 2.63. The summed E-state index contributed by atoms with van der Waals surface area (Å²) in [5.74, 6) is 5.88. The van der Waals surface area contributed by atoms with Crippen molar-refractivity contribution in [1.29, 1.82) is 0 Å². The zero-order valence-corrected chi connectivity index (χ0v) is 12.2. The number of amides is 1. The van der Waals surface area contributed by atoms with Gasteiger partial charge in [-0.3, -0.25) is 5.32 Å². The number of hydrogen-bond acceptors (Lipinski definition) is 4. The third-order valence-corrected chi connectivity index (χ3v) is 2.58. The maximum Gasteiger partial charge on any atom is 0.411 e. The molecule has 0 heterocycles. The molecule has 1 rings (SSSR count). The van der Waals surface area contributed by atoms with E-state index in [9.17, 15) is 4.79 Å². The first-order valence-electron chi connectivity index (χ1n) is 6.16. The van der Waals surface area contributed by atoms with E-state index in [0.717, 1.165) is 11.1 Å². The summed E-state index contributed by atoms with van der Waals surface area (Å²) in [7, 11) is 1.31. The third-order valence-electron chi connectivity index (χ3n) is 2.58. The largest absolute Gasteiger partial charge is 0.453 e. The summed E-state index contributed by atoms with van der Waals surface area (Å²) in [6.07, 6.45) is 1.41. The van der Waals surface area contributed by atoms with Crippen molar-refractivity contribution >= 4 is 17.5 Å². The molecule has 108 valence electrons. The van der Waals surface area contributed by atoms with Crippen molar-refractivity contribution in [3.63, 3.8) is 0 Å². The molecule has 5 nitrogen and oxygen atoms in total. The second-order valence-electron chi connectivity index (χ2n) is 4.51. The van der Waals surface area contributed by atoms with Crippen LogP contribution in [0.25, 0.3) is 5.76 Å². The molecule has 1 amide bonds. The predicted octanol–water partition coefficient (Wildman–Crippen LogP) is 3.45. The molecule has 1 aromatic rings. The Morgan fingerprint density at radius 3 is 2.45 bits per heavy atom. The van der Waals surface area contributed by atoms with Gasteiger partial charge in [-0.05, 0) is 38.5 Å². The topological polar surface area (TPSA) is 73.6 Å². The van der Waals surface area contributed by atoms with E-state index in [-0.39, 0.29) is 0 Å². The Balaban J connectivity index is 3.29. The van der Waals surface area contributed by atoms with Gasteiger partial charge in [0.1, 0.15) is 0 Å². The van der Waals surface area contributed by atoms with Crippen molar-refractivity contribution in [2.24, 2.45) is 5.90 Å². The Labute approximate surface area is 119 Å². The lowest BCUT2D eigenvalue weighted by molar-refractivity contribution is 0.187. The summed E-state index contributed by atoms with van der Waals surface area (Å²) < 4.78 is 4.60. The number of hydrogen-bond donors (Lipinski definition) is 2. The molecule has 0 saturated heterocycles. The molecular formula is C15H20N2O3. The number of carbonyl (C=O) groups excluding carboxylic acids is 1. The second kappa shape index (κ2) is 7.35. The lowest BCUT2D eigenvalue weighted by Gasteiger charge is -2.13. The first-order valence-corrected chi connectivity index (χ1v) is 6.16. The van der Waals surface area contributed by atoms with Crippen molar-refractivity contribution in [3.05, 3.63) is 47.1 Å². The van der Waals surface area contributed by atoms with Gasteiger partial charge in [0, 0.05) is 5.56 Å². The van der Waals surface area contributed by atoms with Gasteiger partial charge in [0.2, 0.25) is 0 Å². The molecule has 0 radical (unpaired) electrons. The predicted molar refractivity (Wildman–Crippen MR) is 79.8 cm³/mol. The van der Waals surface area contributed by atoms with Gasteiger partial charge >= 0.3 is 6.09 Å². The fourth-order valence-corrected chi connectivity index (χ4v) is 1.82. The van der Waals surface area contributed by atoms with Crippen LogP contribution in [0.5, 0.6) is 0 Å². The fourth-order valence-electron chi connectivity index (χ4n) is 1.82. The van der Waals surface area contributed by atoms with Gasteiger partial charge in [0.15, 0.2) is 5.76 Å². The van der Waals surface area contributed by atoms with Crippen molar-refractivity contribution in [2.75, 3.05) is 12.4 Å². The number of allylic oxidation sites excluding steroid dienone is 3. The second-order valence-corrected chi connectivity index (χ2v) is 4.51. The van der Waals surface area contributed by atoms with Gasteiger partial charge in [-0.1, -0.05) is 23.8 Å². The zero-order valence-electron chi connectivity index (χ0n) is 12.2. The molecule has 5 heteroatoms. The molecule has 3 N–H and O–H groups in total. The van der Waals surface area contributed by atoms with E-state index >= 15 is 0 Å².